The first-order valence-corrected chi connectivity index (χ1v) is 7.13. The van der Waals surface area contributed by atoms with Gasteiger partial charge in [-0.3, -0.25) is 9.59 Å². The Kier molecular flexibility index (Phi) is 3.58. The van der Waals surface area contributed by atoms with E-state index in [1.807, 2.05) is 0 Å². The molecule has 2 aliphatic rings. The molecule has 0 bridgehead atoms. The number of halogens is 3. The summed E-state index contributed by atoms with van der Waals surface area (Å²) >= 11 is 0. The average molecular weight is 312 g/mol. The molecule has 118 valence electrons. The number of hydrogen-bond donors (Lipinski definition) is 2. The first-order valence-electron chi connectivity index (χ1n) is 7.13. The molecule has 7 heteroatoms. The van der Waals surface area contributed by atoms with E-state index in [1.54, 1.807) is 0 Å². The van der Waals surface area contributed by atoms with E-state index < -0.39 is 11.7 Å². The summed E-state index contributed by atoms with van der Waals surface area (Å²) in [7, 11) is 0. The summed E-state index contributed by atoms with van der Waals surface area (Å²) in [5.74, 6) is -1.12. The molecule has 0 aromatic heterocycles. The van der Waals surface area contributed by atoms with E-state index in [9.17, 15) is 22.8 Å². The van der Waals surface area contributed by atoms with Crippen LogP contribution < -0.4 is 10.6 Å². The van der Waals surface area contributed by atoms with Gasteiger partial charge in [-0.15, -0.1) is 0 Å². The molecule has 0 spiro atoms. The molecule has 2 N–H and O–H groups in total. The van der Waals surface area contributed by atoms with E-state index in [-0.39, 0.29) is 29.7 Å². The zero-order valence-electron chi connectivity index (χ0n) is 11.6. The van der Waals surface area contributed by atoms with Crippen LogP contribution in [-0.4, -0.2) is 17.9 Å². The van der Waals surface area contributed by atoms with Gasteiger partial charge in [0.05, 0.1) is 17.4 Å². The van der Waals surface area contributed by atoms with Crippen LogP contribution in [0.1, 0.15) is 24.8 Å². The molecular formula is C15H15F3N2O2. The van der Waals surface area contributed by atoms with Crippen molar-refractivity contribution in [2.45, 2.75) is 31.5 Å². The van der Waals surface area contributed by atoms with Crippen LogP contribution >= 0.6 is 0 Å². The summed E-state index contributed by atoms with van der Waals surface area (Å²) < 4.78 is 37.3. The molecule has 0 aliphatic heterocycles. The molecule has 3 rings (SSSR count). The molecule has 2 unspecified atom stereocenters. The fourth-order valence-corrected chi connectivity index (χ4v) is 2.29. The van der Waals surface area contributed by atoms with Crippen molar-refractivity contribution in [2.75, 3.05) is 5.32 Å². The summed E-state index contributed by atoms with van der Waals surface area (Å²) in [5.41, 5.74) is -0.468. The molecule has 1 aromatic rings. The Morgan fingerprint density at radius 1 is 1.00 bits per heavy atom. The maximum absolute atomic E-state index is 12.4. The topological polar surface area (TPSA) is 58.2 Å². The lowest BCUT2D eigenvalue weighted by Gasteiger charge is -2.09. The molecule has 1 aromatic carbocycles. The number of carbonyl (C=O) groups excluding carboxylic acids is 2. The van der Waals surface area contributed by atoms with E-state index in [0.29, 0.717) is 12.1 Å². The Balaban J connectivity index is 1.53. The van der Waals surface area contributed by atoms with Crippen LogP contribution in [0.3, 0.4) is 0 Å². The van der Waals surface area contributed by atoms with Crippen LogP contribution in [0.4, 0.5) is 18.9 Å². The molecule has 2 fully saturated rings. The lowest BCUT2D eigenvalue weighted by Crippen LogP contribution is -2.29. The third-order valence-electron chi connectivity index (χ3n) is 3.87. The Bertz CT molecular complexity index is 594. The van der Waals surface area contributed by atoms with Crippen LogP contribution in [0.25, 0.3) is 0 Å². The van der Waals surface area contributed by atoms with Crippen LogP contribution in [0, 0.1) is 11.8 Å². The van der Waals surface area contributed by atoms with Crippen molar-refractivity contribution >= 4 is 17.5 Å². The van der Waals surface area contributed by atoms with Crippen molar-refractivity contribution in [3.8, 4) is 0 Å². The van der Waals surface area contributed by atoms with Crippen LogP contribution in [0.5, 0.6) is 0 Å². The highest BCUT2D eigenvalue weighted by atomic mass is 19.4. The first-order chi connectivity index (χ1) is 10.3. The summed E-state index contributed by atoms with van der Waals surface area (Å²) in [6, 6.07) is 4.51. The first kappa shape index (κ1) is 14.9. The van der Waals surface area contributed by atoms with E-state index in [2.05, 4.69) is 10.6 Å². The van der Waals surface area contributed by atoms with Crippen molar-refractivity contribution in [3.63, 3.8) is 0 Å². The third kappa shape index (κ3) is 3.40. The van der Waals surface area contributed by atoms with Gasteiger partial charge < -0.3 is 10.6 Å². The van der Waals surface area contributed by atoms with Crippen molar-refractivity contribution in [1.29, 1.82) is 0 Å². The number of alkyl halides is 3. The Labute approximate surface area is 125 Å². The van der Waals surface area contributed by atoms with Crippen LogP contribution in [0.15, 0.2) is 24.3 Å². The van der Waals surface area contributed by atoms with Crippen molar-refractivity contribution in [3.05, 3.63) is 29.8 Å². The molecular weight excluding hydrogens is 297 g/mol. The second kappa shape index (κ2) is 5.30. The summed E-state index contributed by atoms with van der Waals surface area (Å²) in [6.45, 7) is 0. The largest absolute Gasteiger partial charge is 0.416 e. The minimum atomic E-state index is -4.40. The fourth-order valence-electron chi connectivity index (χ4n) is 2.29. The highest BCUT2D eigenvalue weighted by molar-refractivity contribution is 5.99. The molecule has 4 nitrogen and oxygen atoms in total. The zero-order chi connectivity index (χ0) is 15.9. The van der Waals surface area contributed by atoms with Gasteiger partial charge in [-0.25, -0.2) is 0 Å². The third-order valence-corrected chi connectivity index (χ3v) is 3.87. The highest BCUT2D eigenvalue weighted by Crippen LogP contribution is 2.40. The zero-order valence-corrected chi connectivity index (χ0v) is 11.6. The maximum atomic E-state index is 12.4. The number of carbonyl (C=O) groups is 2. The van der Waals surface area contributed by atoms with Crippen LogP contribution in [0.2, 0.25) is 0 Å². The highest BCUT2D eigenvalue weighted by Gasteiger charge is 2.48. The Morgan fingerprint density at radius 2 is 1.59 bits per heavy atom. The standard InChI is InChI=1S/C15H15F3N2O2/c16-15(17,18)8-1-3-9(4-2-8)19-13(21)11-7-12(11)14(22)20-10-5-6-10/h1-4,10-12H,5-7H2,(H,19,21)(H,20,22). The lowest BCUT2D eigenvalue weighted by molar-refractivity contribution is -0.137. The molecule has 2 amide bonds. The number of rotatable bonds is 4. The molecule has 2 atom stereocenters. The number of amides is 2. The van der Waals surface area contributed by atoms with E-state index in [4.69, 9.17) is 0 Å². The van der Waals surface area contributed by atoms with Crippen LogP contribution in [-0.2, 0) is 15.8 Å². The summed E-state index contributed by atoms with van der Waals surface area (Å²) in [6.07, 6.45) is -1.93. The lowest BCUT2D eigenvalue weighted by atomic mass is 10.2. The summed E-state index contributed by atoms with van der Waals surface area (Å²) in [5, 5.41) is 5.39. The smallest absolute Gasteiger partial charge is 0.353 e. The molecule has 2 saturated carbocycles. The van der Waals surface area contributed by atoms with E-state index in [1.165, 1.54) is 12.1 Å². The molecule has 22 heavy (non-hydrogen) atoms. The molecule has 0 radical (unpaired) electrons. The monoisotopic (exact) mass is 312 g/mol. The van der Waals surface area contributed by atoms with Gasteiger partial charge in [-0.2, -0.15) is 13.2 Å². The van der Waals surface area contributed by atoms with Gasteiger partial charge in [-0.1, -0.05) is 0 Å². The van der Waals surface area contributed by atoms with Crippen molar-refractivity contribution in [1.82, 2.24) is 5.32 Å². The second-order valence-corrected chi connectivity index (χ2v) is 5.80. The number of anilines is 1. The van der Waals surface area contributed by atoms with Gasteiger partial charge in [0, 0.05) is 11.7 Å². The average Bonchev–Trinajstić information content (AvgIpc) is 3.32. The normalized spacial score (nSPS) is 23.8. The van der Waals surface area contributed by atoms with Gasteiger partial charge in [0.2, 0.25) is 11.8 Å². The molecule has 0 heterocycles. The van der Waals surface area contributed by atoms with Gasteiger partial charge >= 0.3 is 6.18 Å². The second-order valence-electron chi connectivity index (χ2n) is 5.80. The van der Waals surface area contributed by atoms with Crippen molar-refractivity contribution in [2.24, 2.45) is 11.8 Å². The van der Waals surface area contributed by atoms with Gasteiger partial charge in [0.1, 0.15) is 0 Å². The maximum Gasteiger partial charge on any atom is 0.416 e. The SMILES string of the molecule is O=C(Nc1ccc(C(F)(F)F)cc1)C1CC1C(=O)NC1CC1. The minimum absolute atomic E-state index is 0.102. The van der Waals surface area contributed by atoms with Gasteiger partial charge in [-0.05, 0) is 43.5 Å². The Morgan fingerprint density at radius 3 is 2.14 bits per heavy atom. The number of nitrogens with one attached hydrogen (secondary N) is 2. The molecule has 2 aliphatic carbocycles. The summed E-state index contributed by atoms with van der Waals surface area (Å²) in [4.78, 5) is 23.7. The quantitative estimate of drug-likeness (QED) is 0.898. The van der Waals surface area contributed by atoms with E-state index in [0.717, 1.165) is 25.0 Å². The number of hydrogen-bond acceptors (Lipinski definition) is 2. The van der Waals surface area contributed by atoms with Crippen molar-refractivity contribution < 1.29 is 22.8 Å². The fraction of sp³-hybridized carbons (Fsp3) is 0.467. The van der Waals surface area contributed by atoms with Gasteiger partial charge in [0.15, 0.2) is 0 Å². The number of benzene rings is 1. The Hall–Kier alpha value is -2.05. The predicted molar refractivity (Wildman–Crippen MR) is 72.8 cm³/mol. The molecule has 0 saturated heterocycles. The van der Waals surface area contributed by atoms with E-state index >= 15 is 0 Å². The van der Waals surface area contributed by atoms with Gasteiger partial charge in [0.25, 0.3) is 0 Å². The predicted octanol–water partition coefficient (Wildman–Crippen LogP) is 2.56. The minimum Gasteiger partial charge on any atom is -0.353 e.